The van der Waals surface area contributed by atoms with Crippen LogP contribution in [0.3, 0.4) is 0 Å². The molecule has 5 heteroatoms. The van der Waals surface area contributed by atoms with E-state index in [1.807, 2.05) is 37.3 Å². The second-order valence-corrected chi connectivity index (χ2v) is 4.89. The SMILES string of the molecule is CNC(=O)c1ccc(NC(=O)NC(C)c2ccccc2)cc1. The van der Waals surface area contributed by atoms with E-state index >= 15 is 0 Å². The van der Waals surface area contributed by atoms with Crippen LogP contribution >= 0.6 is 0 Å². The Kier molecular flexibility index (Phi) is 5.14. The molecule has 3 amide bonds. The minimum absolute atomic E-state index is 0.0913. The van der Waals surface area contributed by atoms with Crippen LogP contribution in [0.2, 0.25) is 0 Å². The molecule has 0 saturated carbocycles. The first-order valence-electron chi connectivity index (χ1n) is 7.04. The Morgan fingerprint density at radius 1 is 0.955 bits per heavy atom. The van der Waals surface area contributed by atoms with Crippen LogP contribution in [-0.4, -0.2) is 19.0 Å². The summed E-state index contributed by atoms with van der Waals surface area (Å²) in [5.74, 6) is -0.159. The summed E-state index contributed by atoms with van der Waals surface area (Å²) in [6.45, 7) is 1.92. The summed E-state index contributed by atoms with van der Waals surface area (Å²) < 4.78 is 0. The monoisotopic (exact) mass is 297 g/mol. The van der Waals surface area contributed by atoms with E-state index in [1.165, 1.54) is 0 Å². The van der Waals surface area contributed by atoms with Crippen molar-refractivity contribution >= 4 is 17.6 Å². The molecule has 0 radical (unpaired) electrons. The molecule has 0 spiro atoms. The lowest BCUT2D eigenvalue weighted by atomic mass is 10.1. The fourth-order valence-electron chi connectivity index (χ4n) is 2.04. The Balaban J connectivity index is 1.93. The standard InChI is InChI=1S/C17H19N3O2/c1-12(13-6-4-3-5-7-13)19-17(22)20-15-10-8-14(9-11-15)16(21)18-2/h3-12H,1-2H3,(H,18,21)(H2,19,20,22). The molecule has 1 atom stereocenters. The van der Waals surface area contributed by atoms with Crippen molar-refractivity contribution in [3.05, 3.63) is 65.7 Å². The van der Waals surface area contributed by atoms with Gasteiger partial charge >= 0.3 is 6.03 Å². The van der Waals surface area contributed by atoms with Crippen LogP contribution in [-0.2, 0) is 0 Å². The summed E-state index contributed by atoms with van der Waals surface area (Å²) in [7, 11) is 1.58. The first-order valence-corrected chi connectivity index (χ1v) is 7.04. The summed E-state index contributed by atoms with van der Waals surface area (Å²) in [5.41, 5.74) is 2.21. The van der Waals surface area contributed by atoms with Crippen LogP contribution in [0.25, 0.3) is 0 Å². The average Bonchev–Trinajstić information content (AvgIpc) is 2.55. The highest BCUT2D eigenvalue weighted by atomic mass is 16.2. The second-order valence-electron chi connectivity index (χ2n) is 4.89. The van der Waals surface area contributed by atoms with Gasteiger partial charge in [0.1, 0.15) is 0 Å². The first-order chi connectivity index (χ1) is 10.6. The van der Waals surface area contributed by atoms with Crippen molar-refractivity contribution in [2.45, 2.75) is 13.0 Å². The molecule has 114 valence electrons. The van der Waals surface area contributed by atoms with Crippen LogP contribution < -0.4 is 16.0 Å². The highest BCUT2D eigenvalue weighted by Crippen LogP contribution is 2.13. The zero-order chi connectivity index (χ0) is 15.9. The van der Waals surface area contributed by atoms with Gasteiger partial charge in [0.05, 0.1) is 6.04 Å². The van der Waals surface area contributed by atoms with E-state index in [9.17, 15) is 9.59 Å². The number of benzene rings is 2. The van der Waals surface area contributed by atoms with Crippen LogP contribution in [0, 0.1) is 0 Å². The van der Waals surface area contributed by atoms with Gasteiger partial charge < -0.3 is 16.0 Å². The maximum atomic E-state index is 12.0. The molecule has 5 nitrogen and oxygen atoms in total. The molecular formula is C17H19N3O2. The molecule has 2 rings (SSSR count). The number of urea groups is 1. The molecule has 0 aliphatic carbocycles. The molecule has 0 fully saturated rings. The predicted molar refractivity (Wildman–Crippen MR) is 86.8 cm³/mol. The van der Waals surface area contributed by atoms with E-state index in [0.717, 1.165) is 5.56 Å². The average molecular weight is 297 g/mol. The van der Waals surface area contributed by atoms with Gasteiger partial charge in [-0.1, -0.05) is 30.3 Å². The van der Waals surface area contributed by atoms with Crippen LogP contribution in [0.5, 0.6) is 0 Å². The first kappa shape index (κ1) is 15.6. The van der Waals surface area contributed by atoms with Gasteiger partial charge in [-0.15, -0.1) is 0 Å². The smallest absolute Gasteiger partial charge is 0.319 e. The number of hydrogen-bond donors (Lipinski definition) is 3. The van der Waals surface area contributed by atoms with Gasteiger partial charge in [0.15, 0.2) is 0 Å². The van der Waals surface area contributed by atoms with E-state index in [2.05, 4.69) is 16.0 Å². The van der Waals surface area contributed by atoms with Gasteiger partial charge in [-0.25, -0.2) is 4.79 Å². The van der Waals surface area contributed by atoms with Crippen LogP contribution in [0.4, 0.5) is 10.5 Å². The Hall–Kier alpha value is -2.82. The summed E-state index contributed by atoms with van der Waals surface area (Å²) >= 11 is 0. The highest BCUT2D eigenvalue weighted by molar-refractivity contribution is 5.95. The van der Waals surface area contributed by atoms with Gasteiger partial charge in [-0.2, -0.15) is 0 Å². The van der Waals surface area contributed by atoms with E-state index in [-0.39, 0.29) is 18.0 Å². The third-order valence-corrected chi connectivity index (χ3v) is 3.28. The molecule has 0 heterocycles. The van der Waals surface area contributed by atoms with Crippen molar-refractivity contribution < 1.29 is 9.59 Å². The fourth-order valence-corrected chi connectivity index (χ4v) is 2.04. The van der Waals surface area contributed by atoms with Crippen molar-refractivity contribution in [1.82, 2.24) is 10.6 Å². The summed E-state index contributed by atoms with van der Waals surface area (Å²) in [6, 6.07) is 16.1. The number of nitrogens with one attached hydrogen (secondary N) is 3. The van der Waals surface area contributed by atoms with Crippen molar-refractivity contribution in [3.8, 4) is 0 Å². The minimum atomic E-state index is -0.288. The van der Waals surface area contributed by atoms with Gasteiger partial charge in [-0.05, 0) is 36.8 Å². The number of rotatable bonds is 4. The Bertz CT molecular complexity index is 639. The van der Waals surface area contributed by atoms with Crippen molar-refractivity contribution in [2.75, 3.05) is 12.4 Å². The van der Waals surface area contributed by atoms with Gasteiger partial charge in [-0.3, -0.25) is 4.79 Å². The third-order valence-electron chi connectivity index (χ3n) is 3.28. The zero-order valence-corrected chi connectivity index (χ0v) is 12.6. The molecule has 1 unspecified atom stereocenters. The van der Waals surface area contributed by atoms with Gasteiger partial charge in [0, 0.05) is 18.3 Å². The molecule has 0 aromatic heterocycles. The minimum Gasteiger partial charge on any atom is -0.355 e. The predicted octanol–water partition coefficient (Wildman–Crippen LogP) is 2.93. The second kappa shape index (κ2) is 7.26. The summed E-state index contributed by atoms with van der Waals surface area (Å²) in [5, 5.41) is 8.16. The normalized spacial score (nSPS) is 11.4. The summed E-state index contributed by atoms with van der Waals surface area (Å²) in [4.78, 5) is 23.4. The number of anilines is 1. The molecule has 0 aliphatic heterocycles. The Morgan fingerprint density at radius 2 is 1.59 bits per heavy atom. The van der Waals surface area contributed by atoms with Crippen LogP contribution in [0.15, 0.2) is 54.6 Å². The van der Waals surface area contributed by atoms with E-state index < -0.39 is 0 Å². The Labute approximate surface area is 129 Å². The molecule has 0 saturated heterocycles. The molecular weight excluding hydrogens is 278 g/mol. The molecule has 22 heavy (non-hydrogen) atoms. The van der Waals surface area contributed by atoms with Crippen molar-refractivity contribution in [1.29, 1.82) is 0 Å². The molecule has 0 aliphatic rings. The number of hydrogen-bond acceptors (Lipinski definition) is 2. The van der Waals surface area contributed by atoms with Gasteiger partial charge in [0.2, 0.25) is 0 Å². The quantitative estimate of drug-likeness (QED) is 0.812. The summed E-state index contributed by atoms with van der Waals surface area (Å²) in [6.07, 6.45) is 0. The number of carbonyl (C=O) groups is 2. The van der Waals surface area contributed by atoms with Gasteiger partial charge in [0.25, 0.3) is 5.91 Å². The zero-order valence-electron chi connectivity index (χ0n) is 12.6. The topological polar surface area (TPSA) is 70.2 Å². The molecule has 3 N–H and O–H groups in total. The highest BCUT2D eigenvalue weighted by Gasteiger charge is 2.09. The Morgan fingerprint density at radius 3 is 2.18 bits per heavy atom. The van der Waals surface area contributed by atoms with E-state index in [0.29, 0.717) is 11.3 Å². The number of carbonyl (C=O) groups excluding carboxylic acids is 2. The maximum Gasteiger partial charge on any atom is 0.319 e. The fraction of sp³-hybridized carbons (Fsp3) is 0.176. The molecule has 2 aromatic rings. The lowest BCUT2D eigenvalue weighted by molar-refractivity contribution is 0.0963. The lowest BCUT2D eigenvalue weighted by Crippen LogP contribution is -2.31. The van der Waals surface area contributed by atoms with Crippen molar-refractivity contribution in [3.63, 3.8) is 0 Å². The lowest BCUT2D eigenvalue weighted by Gasteiger charge is -2.15. The number of amides is 3. The molecule has 2 aromatic carbocycles. The largest absolute Gasteiger partial charge is 0.355 e. The van der Waals surface area contributed by atoms with E-state index in [1.54, 1.807) is 31.3 Å². The van der Waals surface area contributed by atoms with Crippen molar-refractivity contribution in [2.24, 2.45) is 0 Å². The molecule has 0 bridgehead atoms. The third kappa shape index (κ3) is 4.09. The maximum absolute atomic E-state index is 12.0. The van der Waals surface area contributed by atoms with E-state index in [4.69, 9.17) is 0 Å². The van der Waals surface area contributed by atoms with Crippen LogP contribution in [0.1, 0.15) is 28.9 Å².